The molecule has 1 aromatic heterocycles. The Labute approximate surface area is 186 Å². The Bertz CT molecular complexity index is 1070. The summed E-state index contributed by atoms with van der Waals surface area (Å²) in [6.07, 6.45) is 0.498. The lowest BCUT2D eigenvalue weighted by atomic mass is 10.3. The average molecular weight is 463 g/mol. The number of nitro groups is 1. The number of thioether (sulfide) groups is 1. The molecule has 0 bridgehead atoms. The third kappa shape index (κ3) is 4.85. The fraction of sp³-hybridized carbons (Fsp3) is 0.300. The highest BCUT2D eigenvalue weighted by Gasteiger charge is 2.23. The molecule has 10 heteroatoms. The van der Waals surface area contributed by atoms with E-state index in [2.05, 4.69) is 9.88 Å². The molecule has 0 spiro atoms. The lowest BCUT2D eigenvalue weighted by molar-refractivity contribution is -0.384. The number of non-ortho nitro benzene ring substituents is 1. The summed E-state index contributed by atoms with van der Waals surface area (Å²) < 4.78 is 0.803. The van der Waals surface area contributed by atoms with Gasteiger partial charge in [-0.25, -0.2) is 4.98 Å². The van der Waals surface area contributed by atoms with Gasteiger partial charge in [-0.2, -0.15) is 0 Å². The zero-order valence-electron chi connectivity index (χ0n) is 16.0. The van der Waals surface area contributed by atoms with E-state index in [4.69, 9.17) is 11.6 Å². The summed E-state index contributed by atoms with van der Waals surface area (Å²) in [5.74, 6) is 0.896. The quantitative estimate of drug-likeness (QED) is 0.300. The second-order valence-corrected chi connectivity index (χ2v) is 9.44. The predicted octanol–water partition coefficient (Wildman–Crippen LogP) is 4.69. The first-order valence-corrected chi connectivity index (χ1v) is 11.6. The van der Waals surface area contributed by atoms with Crippen LogP contribution >= 0.6 is 34.7 Å². The summed E-state index contributed by atoms with van der Waals surface area (Å²) in [6.45, 7) is 2.72. The molecule has 4 rings (SSSR count). The van der Waals surface area contributed by atoms with Crippen LogP contribution in [0.25, 0.3) is 10.2 Å². The molecule has 1 fully saturated rings. The zero-order valence-corrected chi connectivity index (χ0v) is 18.4. The van der Waals surface area contributed by atoms with Crippen molar-refractivity contribution in [3.05, 3.63) is 57.6 Å². The molecule has 0 saturated carbocycles. The van der Waals surface area contributed by atoms with Gasteiger partial charge in [-0.15, -0.1) is 11.8 Å². The van der Waals surface area contributed by atoms with Crippen molar-refractivity contribution in [2.75, 3.05) is 36.8 Å². The van der Waals surface area contributed by atoms with Gasteiger partial charge in [0.15, 0.2) is 5.13 Å². The number of benzene rings is 2. The number of amides is 1. The highest BCUT2D eigenvalue weighted by molar-refractivity contribution is 7.99. The molecule has 0 unspecified atom stereocenters. The van der Waals surface area contributed by atoms with Crippen molar-refractivity contribution in [3.8, 4) is 0 Å². The molecule has 0 atom stereocenters. The third-order valence-corrected chi connectivity index (χ3v) is 7.22. The summed E-state index contributed by atoms with van der Waals surface area (Å²) in [5, 5.41) is 12.5. The maximum absolute atomic E-state index is 12.5. The number of fused-ring (bicyclic) bond motifs is 1. The predicted molar refractivity (Wildman–Crippen MR) is 122 cm³/mol. The average Bonchev–Trinajstić information content (AvgIpc) is 3.18. The molecular weight excluding hydrogens is 444 g/mol. The van der Waals surface area contributed by atoms with Crippen molar-refractivity contribution in [1.82, 2.24) is 9.88 Å². The van der Waals surface area contributed by atoms with E-state index in [-0.39, 0.29) is 11.6 Å². The number of nitrogens with zero attached hydrogens (tertiary/aromatic N) is 4. The Morgan fingerprint density at radius 3 is 2.60 bits per heavy atom. The minimum atomic E-state index is -0.394. The van der Waals surface area contributed by atoms with Crippen LogP contribution in [0.3, 0.4) is 0 Å². The van der Waals surface area contributed by atoms with Gasteiger partial charge < -0.3 is 9.80 Å². The van der Waals surface area contributed by atoms with Crippen LogP contribution in [0.15, 0.2) is 47.4 Å². The fourth-order valence-corrected chi connectivity index (χ4v) is 5.26. The van der Waals surface area contributed by atoms with Crippen LogP contribution in [0.2, 0.25) is 5.02 Å². The Morgan fingerprint density at radius 2 is 1.90 bits per heavy atom. The van der Waals surface area contributed by atoms with Crippen molar-refractivity contribution >= 4 is 61.6 Å². The van der Waals surface area contributed by atoms with Crippen LogP contribution in [0.5, 0.6) is 0 Å². The molecular formula is C20H19ClN4O3S2. The summed E-state index contributed by atoms with van der Waals surface area (Å²) in [4.78, 5) is 32.8. The third-order valence-electron chi connectivity index (χ3n) is 4.87. The Hall–Kier alpha value is -2.36. The van der Waals surface area contributed by atoms with Gasteiger partial charge in [0, 0.05) is 60.4 Å². The maximum atomic E-state index is 12.5. The van der Waals surface area contributed by atoms with Gasteiger partial charge in [-0.05, 0) is 30.3 Å². The first-order valence-electron chi connectivity index (χ1n) is 9.46. The largest absolute Gasteiger partial charge is 0.345 e. The van der Waals surface area contributed by atoms with E-state index in [1.165, 1.54) is 17.4 Å². The first kappa shape index (κ1) is 20.9. The van der Waals surface area contributed by atoms with Crippen LogP contribution < -0.4 is 4.90 Å². The first-order chi connectivity index (χ1) is 14.5. The Balaban J connectivity index is 1.29. The number of rotatable bonds is 6. The second-order valence-electron chi connectivity index (χ2n) is 6.83. The Kier molecular flexibility index (Phi) is 6.40. The van der Waals surface area contributed by atoms with Gasteiger partial charge in [-0.1, -0.05) is 22.9 Å². The highest BCUT2D eigenvalue weighted by atomic mass is 35.5. The lowest BCUT2D eigenvalue weighted by Gasteiger charge is -2.34. The Morgan fingerprint density at radius 1 is 1.17 bits per heavy atom. The summed E-state index contributed by atoms with van der Waals surface area (Å²) in [5.41, 5.74) is 0.836. The second kappa shape index (κ2) is 9.20. The number of hydrogen-bond donors (Lipinski definition) is 0. The van der Waals surface area contributed by atoms with Gasteiger partial charge in [0.2, 0.25) is 5.91 Å². The molecule has 0 N–H and O–H groups in total. The van der Waals surface area contributed by atoms with E-state index in [9.17, 15) is 14.9 Å². The normalized spacial score (nSPS) is 14.3. The van der Waals surface area contributed by atoms with Crippen molar-refractivity contribution < 1.29 is 9.72 Å². The van der Waals surface area contributed by atoms with E-state index in [1.54, 1.807) is 23.9 Å². The number of anilines is 1. The molecule has 1 saturated heterocycles. The number of carbonyl (C=O) groups is 1. The molecule has 3 aromatic rings. The smallest absolute Gasteiger partial charge is 0.270 e. The van der Waals surface area contributed by atoms with E-state index in [0.717, 1.165) is 26.0 Å². The van der Waals surface area contributed by atoms with Crippen LogP contribution in [0.1, 0.15) is 6.42 Å². The molecule has 30 heavy (non-hydrogen) atoms. The number of aromatic nitrogens is 1. The van der Waals surface area contributed by atoms with Gasteiger partial charge >= 0.3 is 0 Å². The van der Waals surface area contributed by atoms with Crippen molar-refractivity contribution in [2.45, 2.75) is 11.3 Å². The minimum Gasteiger partial charge on any atom is -0.345 e. The van der Waals surface area contributed by atoms with Crippen molar-refractivity contribution in [1.29, 1.82) is 0 Å². The molecule has 0 aliphatic carbocycles. The van der Waals surface area contributed by atoms with Crippen LogP contribution in [0.4, 0.5) is 10.8 Å². The number of piperazine rings is 1. The monoisotopic (exact) mass is 462 g/mol. The molecule has 1 amide bonds. The summed E-state index contributed by atoms with van der Waals surface area (Å²) in [6, 6.07) is 12.4. The highest BCUT2D eigenvalue weighted by Crippen LogP contribution is 2.32. The van der Waals surface area contributed by atoms with Gasteiger partial charge in [0.1, 0.15) is 0 Å². The SMILES string of the molecule is O=C(CCSc1ccc(Cl)cc1)N1CCN(c2nc3ccc([N+](=O)[O-])cc3s2)CC1. The molecule has 7 nitrogen and oxygen atoms in total. The molecule has 0 radical (unpaired) electrons. The number of nitro benzene ring substituents is 1. The maximum Gasteiger partial charge on any atom is 0.270 e. The van der Waals surface area contributed by atoms with E-state index in [1.807, 2.05) is 29.2 Å². The number of halogens is 1. The standard InChI is InChI=1S/C20H19ClN4O3S2/c21-14-1-4-16(5-2-14)29-12-7-19(26)23-8-10-24(11-9-23)20-22-17-6-3-15(25(27)28)13-18(17)30-20/h1-6,13H,7-12H2. The number of thiazole rings is 1. The van der Waals surface area contributed by atoms with Crippen molar-refractivity contribution in [3.63, 3.8) is 0 Å². The molecule has 156 valence electrons. The fourth-order valence-electron chi connectivity index (χ4n) is 3.24. The van der Waals surface area contributed by atoms with Crippen LogP contribution in [-0.4, -0.2) is 52.6 Å². The molecule has 1 aliphatic heterocycles. The zero-order chi connectivity index (χ0) is 21.1. The topological polar surface area (TPSA) is 79.6 Å². The number of hydrogen-bond acceptors (Lipinski definition) is 7. The lowest BCUT2D eigenvalue weighted by Crippen LogP contribution is -2.48. The van der Waals surface area contributed by atoms with Crippen LogP contribution in [-0.2, 0) is 4.79 Å². The van der Waals surface area contributed by atoms with Gasteiger partial charge in [0.25, 0.3) is 5.69 Å². The van der Waals surface area contributed by atoms with Crippen LogP contribution in [0, 0.1) is 10.1 Å². The van der Waals surface area contributed by atoms with Gasteiger partial charge in [-0.3, -0.25) is 14.9 Å². The van der Waals surface area contributed by atoms with Gasteiger partial charge in [0.05, 0.1) is 15.1 Å². The van der Waals surface area contributed by atoms with E-state index in [0.29, 0.717) is 37.6 Å². The van der Waals surface area contributed by atoms with E-state index >= 15 is 0 Å². The molecule has 1 aliphatic rings. The summed E-state index contributed by atoms with van der Waals surface area (Å²) >= 11 is 8.99. The number of carbonyl (C=O) groups excluding carboxylic acids is 1. The van der Waals surface area contributed by atoms with E-state index < -0.39 is 4.92 Å². The van der Waals surface area contributed by atoms with Crippen molar-refractivity contribution in [2.24, 2.45) is 0 Å². The molecule has 2 aromatic carbocycles. The summed E-state index contributed by atoms with van der Waals surface area (Å²) in [7, 11) is 0. The molecule has 2 heterocycles. The minimum absolute atomic E-state index is 0.0737.